The first-order chi connectivity index (χ1) is 15.4. The molecular weight excluding hydrogens is 428 g/mol. The predicted octanol–water partition coefficient (Wildman–Crippen LogP) is 3.57. The van der Waals surface area contributed by atoms with Gasteiger partial charge in [-0.3, -0.25) is 9.69 Å². The average Bonchev–Trinajstić information content (AvgIpc) is 2.81. The van der Waals surface area contributed by atoms with Crippen molar-refractivity contribution in [1.29, 1.82) is 0 Å². The van der Waals surface area contributed by atoms with Crippen LogP contribution in [0.1, 0.15) is 33.4 Å². The number of esters is 1. The van der Waals surface area contributed by atoms with Gasteiger partial charge in [0.25, 0.3) is 5.91 Å². The second-order valence-electron chi connectivity index (χ2n) is 7.87. The highest BCUT2D eigenvalue weighted by Crippen LogP contribution is 2.29. The van der Waals surface area contributed by atoms with E-state index in [1.165, 1.54) is 7.11 Å². The van der Waals surface area contributed by atoms with Gasteiger partial charge in [-0.05, 0) is 43.7 Å². The number of benzene rings is 2. The third kappa shape index (κ3) is 4.31. The van der Waals surface area contributed by atoms with Crippen LogP contribution in [-0.4, -0.2) is 64.9 Å². The minimum atomic E-state index is -0.604. The maximum Gasteiger partial charge on any atom is 0.327 e. The Morgan fingerprint density at radius 3 is 2.28 bits per heavy atom. The number of hydrogen-bond acceptors (Lipinski definition) is 6. The third-order valence-electron chi connectivity index (χ3n) is 5.91. The van der Waals surface area contributed by atoms with E-state index in [-0.39, 0.29) is 11.9 Å². The molecule has 1 aliphatic heterocycles. The fourth-order valence-corrected chi connectivity index (χ4v) is 4.25. The second-order valence-corrected chi connectivity index (χ2v) is 8.28. The average molecular weight is 453 g/mol. The minimum absolute atomic E-state index is 0.0565. The van der Waals surface area contributed by atoms with E-state index in [4.69, 9.17) is 16.3 Å². The number of methoxy groups -OCH3 is 1. The molecular formula is C24H25ClN4O3. The van der Waals surface area contributed by atoms with Crippen molar-refractivity contribution >= 4 is 34.5 Å². The molecule has 2 aromatic carbocycles. The number of nitrogens with zero attached hydrogens (tertiary/aromatic N) is 4. The Morgan fingerprint density at radius 1 is 0.969 bits per heavy atom. The van der Waals surface area contributed by atoms with E-state index >= 15 is 0 Å². The van der Waals surface area contributed by atoms with Crippen molar-refractivity contribution in [3.8, 4) is 0 Å². The Morgan fingerprint density at radius 2 is 1.62 bits per heavy atom. The molecule has 8 heteroatoms. The lowest BCUT2D eigenvalue weighted by Crippen LogP contribution is -2.51. The lowest BCUT2D eigenvalue weighted by molar-refractivity contribution is -0.148. The lowest BCUT2D eigenvalue weighted by atomic mass is 10.0. The van der Waals surface area contributed by atoms with Crippen LogP contribution in [0.4, 0.5) is 0 Å². The smallest absolute Gasteiger partial charge is 0.327 e. The summed E-state index contributed by atoms with van der Waals surface area (Å²) in [6.07, 6.45) is 0. The first kappa shape index (κ1) is 22.2. The highest BCUT2D eigenvalue weighted by atomic mass is 35.5. The molecule has 1 aromatic heterocycles. The molecule has 1 fully saturated rings. The van der Waals surface area contributed by atoms with Crippen LogP contribution in [0.2, 0.25) is 5.02 Å². The third-order valence-corrected chi connectivity index (χ3v) is 6.26. The van der Waals surface area contributed by atoms with Crippen molar-refractivity contribution in [3.05, 3.63) is 70.0 Å². The number of carbonyl (C=O) groups is 2. The summed E-state index contributed by atoms with van der Waals surface area (Å²) in [6.45, 7) is 5.88. The van der Waals surface area contributed by atoms with Crippen molar-refractivity contribution in [2.45, 2.75) is 19.9 Å². The van der Waals surface area contributed by atoms with Gasteiger partial charge in [0, 0.05) is 36.8 Å². The number of piperazine rings is 1. The van der Waals surface area contributed by atoms with Gasteiger partial charge in [-0.2, -0.15) is 0 Å². The molecule has 0 radical (unpaired) electrons. The maximum atomic E-state index is 13.1. The van der Waals surface area contributed by atoms with Crippen LogP contribution in [0.15, 0.2) is 42.5 Å². The fraction of sp³-hybridized carbons (Fsp3) is 0.333. The Balaban J connectivity index is 1.50. The Hall–Kier alpha value is -3.03. The SMILES string of the molecule is COC(=O)C(c1ccccc1Cl)N1CCN(C(=O)c2ccc3nc(C)c(C)nc3c2)CC1. The number of ether oxygens (including phenoxy) is 1. The minimum Gasteiger partial charge on any atom is -0.468 e. The van der Waals surface area contributed by atoms with E-state index < -0.39 is 6.04 Å². The van der Waals surface area contributed by atoms with Crippen LogP contribution in [-0.2, 0) is 9.53 Å². The largest absolute Gasteiger partial charge is 0.468 e. The second kappa shape index (κ2) is 9.22. The number of rotatable bonds is 4. The summed E-state index contributed by atoms with van der Waals surface area (Å²) in [7, 11) is 1.37. The Kier molecular flexibility index (Phi) is 6.39. The van der Waals surface area contributed by atoms with Gasteiger partial charge in [0.15, 0.2) is 0 Å². The van der Waals surface area contributed by atoms with Gasteiger partial charge < -0.3 is 9.64 Å². The number of fused-ring (bicyclic) bond motifs is 1. The van der Waals surface area contributed by atoms with Crippen LogP contribution in [0.3, 0.4) is 0 Å². The first-order valence-electron chi connectivity index (χ1n) is 10.5. The number of aryl methyl sites for hydroxylation is 2. The Bertz CT molecular complexity index is 1180. The number of amides is 1. The summed E-state index contributed by atoms with van der Waals surface area (Å²) in [6, 6.07) is 12.1. The standard InChI is InChI=1S/C24H25ClN4O3/c1-15-16(2)27-21-14-17(8-9-20(21)26-15)23(30)29-12-10-28(11-13-29)22(24(31)32-3)18-6-4-5-7-19(18)25/h4-9,14,22H,10-13H2,1-3H3. The fourth-order valence-electron chi connectivity index (χ4n) is 4.01. The van der Waals surface area contributed by atoms with Crippen molar-refractivity contribution in [2.24, 2.45) is 0 Å². The van der Waals surface area contributed by atoms with Crippen molar-refractivity contribution in [1.82, 2.24) is 19.8 Å². The van der Waals surface area contributed by atoms with E-state index in [0.717, 1.165) is 16.9 Å². The molecule has 166 valence electrons. The zero-order chi connectivity index (χ0) is 22.8. The molecule has 7 nitrogen and oxygen atoms in total. The molecule has 0 N–H and O–H groups in total. The van der Waals surface area contributed by atoms with E-state index in [1.54, 1.807) is 23.1 Å². The van der Waals surface area contributed by atoms with Gasteiger partial charge in [-0.1, -0.05) is 29.8 Å². The van der Waals surface area contributed by atoms with Gasteiger partial charge >= 0.3 is 5.97 Å². The van der Waals surface area contributed by atoms with Crippen LogP contribution in [0.5, 0.6) is 0 Å². The molecule has 2 heterocycles. The molecule has 0 saturated carbocycles. The predicted molar refractivity (Wildman–Crippen MR) is 123 cm³/mol. The van der Waals surface area contributed by atoms with Gasteiger partial charge in [-0.15, -0.1) is 0 Å². The highest BCUT2D eigenvalue weighted by Gasteiger charge is 2.33. The molecule has 1 saturated heterocycles. The molecule has 1 aliphatic rings. The molecule has 32 heavy (non-hydrogen) atoms. The molecule has 1 amide bonds. The van der Waals surface area contributed by atoms with Crippen LogP contribution in [0.25, 0.3) is 11.0 Å². The summed E-state index contributed by atoms with van der Waals surface area (Å²) < 4.78 is 5.04. The maximum absolute atomic E-state index is 13.1. The molecule has 0 spiro atoms. The van der Waals surface area contributed by atoms with Crippen molar-refractivity contribution < 1.29 is 14.3 Å². The van der Waals surface area contributed by atoms with Crippen molar-refractivity contribution in [3.63, 3.8) is 0 Å². The number of halogens is 1. The monoisotopic (exact) mass is 452 g/mol. The van der Waals surface area contributed by atoms with Gasteiger partial charge in [0.1, 0.15) is 6.04 Å². The van der Waals surface area contributed by atoms with Gasteiger partial charge in [-0.25, -0.2) is 14.8 Å². The molecule has 1 unspecified atom stereocenters. The van der Waals surface area contributed by atoms with E-state index in [2.05, 4.69) is 9.97 Å². The molecule has 1 atom stereocenters. The van der Waals surface area contributed by atoms with Crippen molar-refractivity contribution in [2.75, 3.05) is 33.3 Å². The summed E-state index contributed by atoms with van der Waals surface area (Å²) in [5.41, 5.74) is 4.51. The van der Waals surface area contributed by atoms with Gasteiger partial charge in [0.05, 0.1) is 29.5 Å². The summed E-state index contributed by atoms with van der Waals surface area (Å²) >= 11 is 6.36. The van der Waals surface area contributed by atoms with E-state index in [9.17, 15) is 9.59 Å². The van der Waals surface area contributed by atoms with E-state index in [0.29, 0.717) is 47.8 Å². The zero-order valence-electron chi connectivity index (χ0n) is 18.3. The zero-order valence-corrected chi connectivity index (χ0v) is 19.1. The molecule has 0 aliphatic carbocycles. The molecule has 0 bridgehead atoms. The van der Waals surface area contributed by atoms with Crippen LogP contribution < -0.4 is 0 Å². The highest BCUT2D eigenvalue weighted by molar-refractivity contribution is 6.31. The van der Waals surface area contributed by atoms with E-state index in [1.807, 2.05) is 43.0 Å². The normalized spacial score (nSPS) is 15.6. The Labute approximate surface area is 192 Å². The number of aromatic nitrogens is 2. The topological polar surface area (TPSA) is 75.6 Å². The number of hydrogen-bond donors (Lipinski definition) is 0. The van der Waals surface area contributed by atoms with Crippen LogP contribution >= 0.6 is 11.6 Å². The summed E-state index contributed by atoms with van der Waals surface area (Å²) in [4.78, 5) is 38.6. The lowest BCUT2D eigenvalue weighted by Gasteiger charge is -2.38. The summed E-state index contributed by atoms with van der Waals surface area (Å²) in [5.74, 6) is -0.421. The summed E-state index contributed by atoms with van der Waals surface area (Å²) in [5, 5.41) is 0.518. The quantitative estimate of drug-likeness (QED) is 0.563. The molecule has 3 aromatic rings. The first-order valence-corrected chi connectivity index (χ1v) is 10.9. The van der Waals surface area contributed by atoms with Gasteiger partial charge in [0.2, 0.25) is 0 Å². The number of carbonyl (C=O) groups excluding carboxylic acids is 2. The van der Waals surface area contributed by atoms with Crippen LogP contribution in [0, 0.1) is 13.8 Å². The molecule has 4 rings (SSSR count).